The van der Waals surface area contributed by atoms with Gasteiger partial charge < -0.3 is 19.9 Å². The average Bonchev–Trinajstić information content (AvgIpc) is 3.22. The fourth-order valence-corrected chi connectivity index (χ4v) is 4.28. The molecule has 0 amide bonds. The van der Waals surface area contributed by atoms with Gasteiger partial charge in [0.2, 0.25) is 0 Å². The van der Waals surface area contributed by atoms with Gasteiger partial charge >= 0.3 is 0 Å². The van der Waals surface area contributed by atoms with E-state index in [2.05, 4.69) is 29.0 Å². The highest BCUT2D eigenvalue weighted by molar-refractivity contribution is 5.80. The third kappa shape index (κ3) is 4.63. The SMILES string of the molecule is CCNC(=NCCCN1CCC(C)CC1)N1CCC2(CCOC2)C1. The highest BCUT2D eigenvalue weighted by Crippen LogP contribution is 2.38. The van der Waals surface area contributed by atoms with Crippen molar-refractivity contribution in [3.05, 3.63) is 0 Å². The number of guanidine groups is 1. The number of rotatable bonds is 5. The fourth-order valence-electron chi connectivity index (χ4n) is 4.28. The molecule has 0 aromatic rings. The van der Waals surface area contributed by atoms with Crippen LogP contribution in [0.4, 0.5) is 0 Å². The Morgan fingerprint density at radius 3 is 2.79 bits per heavy atom. The first-order valence-corrected chi connectivity index (χ1v) is 10.0. The van der Waals surface area contributed by atoms with Crippen LogP contribution in [0.2, 0.25) is 0 Å². The van der Waals surface area contributed by atoms with Gasteiger partial charge in [0, 0.05) is 38.2 Å². The van der Waals surface area contributed by atoms with Crippen LogP contribution >= 0.6 is 0 Å². The first-order valence-electron chi connectivity index (χ1n) is 10.0. The Kier molecular flexibility index (Phi) is 6.39. The van der Waals surface area contributed by atoms with Gasteiger partial charge in [-0.15, -0.1) is 0 Å². The number of piperidine rings is 1. The van der Waals surface area contributed by atoms with Crippen LogP contribution in [0, 0.1) is 11.3 Å². The predicted molar refractivity (Wildman–Crippen MR) is 99.5 cm³/mol. The maximum atomic E-state index is 5.65. The van der Waals surface area contributed by atoms with Crippen molar-refractivity contribution in [3.8, 4) is 0 Å². The van der Waals surface area contributed by atoms with Crippen LogP contribution < -0.4 is 5.32 Å². The summed E-state index contributed by atoms with van der Waals surface area (Å²) in [5, 5.41) is 3.50. The van der Waals surface area contributed by atoms with Crippen LogP contribution in [-0.2, 0) is 4.74 Å². The molecule has 0 aliphatic carbocycles. The maximum Gasteiger partial charge on any atom is 0.193 e. The van der Waals surface area contributed by atoms with Gasteiger partial charge in [-0.25, -0.2) is 0 Å². The van der Waals surface area contributed by atoms with E-state index in [4.69, 9.17) is 9.73 Å². The number of likely N-dealkylation sites (tertiary alicyclic amines) is 2. The van der Waals surface area contributed by atoms with Crippen LogP contribution in [0.5, 0.6) is 0 Å². The van der Waals surface area contributed by atoms with Gasteiger partial charge in [0.25, 0.3) is 0 Å². The molecule has 3 fully saturated rings. The minimum Gasteiger partial charge on any atom is -0.381 e. The van der Waals surface area contributed by atoms with E-state index in [0.717, 1.165) is 51.3 Å². The summed E-state index contributed by atoms with van der Waals surface area (Å²) >= 11 is 0. The minimum absolute atomic E-state index is 0.403. The molecule has 24 heavy (non-hydrogen) atoms. The third-order valence-electron chi connectivity index (χ3n) is 6.03. The normalized spacial score (nSPS) is 29.8. The van der Waals surface area contributed by atoms with Crippen molar-refractivity contribution in [2.45, 2.75) is 46.0 Å². The van der Waals surface area contributed by atoms with E-state index in [0.29, 0.717) is 5.41 Å². The van der Waals surface area contributed by atoms with Gasteiger partial charge in [0.1, 0.15) is 0 Å². The standard InChI is InChI=1S/C19H36N4O/c1-3-20-18(23-13-7-19(15-23)8-14-24-16-19)21-9-4-10-22-11-5-17(2)6-12-22/h17H,3-16H2,1-2H3,(H,20,21). The van der Waals surface area contributed by atoms with E-state index in [1.54, 1.807) is 0 Å². The zero-order valence-electron chi connectivity index (χ0n) is 15.7. The molecule has 5 heteroatoms. The van der Waals surface area contributed by atoms with Crippen LogP contribution in [0.3, 0.4) is 0 Å². The van der Waals surface area contributed by atoms with Crippen molar-refractivity contribution < 1.29 is 4.74 Å². The van der Waals surface area contributed by atoms with Crippen molar-refractivity contribution in [1.29, 1.82) is 0 Å². The Balaban J connectivity index is 1.44. The minimum atomic E-state index is 0.403. The summed E-state index contributed by atoms with van der Waals surface area (Å²) < 4.78 is 5.65. The number of ether oxygens (including phenoxy) is 1. The molecule has 1 N–H and O–H groups in total. The van der Waals surface area contributed by atoms with Crippen molar-refractivity contribution in [1.82, 2.24) is 15.1 Å². The molecule has 1 unspecified atom stereocenters. The van der Waals surface area contributed by atoms with Gasteiger partial charge in [-0.3, -0.25) is 4.99 Å². The molecule has 0 aromatic carbocycles. The van der Waals surface area contributed by atoms with E-state index in [1.807, 2.05) is 0 Å². The highest BCUT2D eigenvalue weighted by Gasteiger charge is 2.42. The lowest BCUT2D eigenvalue weighted by Crippen LogP contribution is -2.41. The molecular weight excluding hydrogens is 300 g/mol. The number of hydrogen-bond acceptors (Lipinski definition) is 3. The Labute approximate surface area is 147 Å². The molecule has 0 saturated carbocycles. The third-order valence-corrected chi connectivity index (χ3v) is 6.03. The zero-order valence-corrected chi connectivity index (χ0v) is 15.7. The second-order valence-corrected chi connectivity index (χ2v) is 8.09. The number of aliphatic imine (C=N–C) groups is 1. The van der Waals surface area contributed by atoms with E-state index < -0.39 is 0 Å². The smallest absolute Gasteiger partial charge is 0.193 e. The molecule has 3 heterocycles. The Morgan fingerprint density at radius 1 is 1.25 bits per heavy atom. The van der Waals surface area contributed by atoms with E-state index in [-0.39, 0.29) is 0 Å². The Hall–Kier alpha value is -0.810. The average molecular weight is 337 g/mol. The Bertz CT molecular complexity index is 412. The summed E-state index contributed by atoms with van der Waals surface area (Å²) in [6, 6.07) is 0. The lowest BCUT2D eigenvalue weighted by molar-refractivity contribution is 0.156. The van der Waals surface area contributed by atoms with Gasteiger partial charge in [-0.1, -0.05) is 6.92 Å². The monoisotopic (exact) mass is 336 g/mol. The van der Waals surface area contributed by atoms with E-state index >= 15 is 0 Å². The molecule has 138 valence electrons. The quantitative estimate of drug-likeness (QED) is 0.475. The van der Waals surface area contributed by atoms with Gasteiger partial charge in [0.15, 0.2) is 5.96 Å². The summed E-state index contributed by atoms with van der Waals surface area (Å²) in [7, 11) is 0. The van der Waals surface area contributed by atoms with Crippen molar-refractivity contribution >= 4 is 5.96 Å². The van der Waals surface area contributed by atoms with Crippen molar-refractivity contribution in [2.75, 3.05) is 59.0 Å². The molecule has 1 spiro atoms. The molecule has 5 nitrogen and oxygen atoms in total. The molecule has 3 aliphatic rings. The van der Waals surface area contributed by atoms with E-state index in [9.17, 15) is 0 Å². The highest BCUT2D eigenvalue weighted by atomic mass is 16.5. The lowest BCUT2D eigenvalue weighted by Gasteiger charge is -2.30. The Morgan fingerprint density at radius 2 is 2.08 bits per heavy atom. The van der Waals surface area contributed by atoms with E-state index in [1.165, 1.54) is 51.7 Å². The second-order valence-electron chi connectivity index (χ2n) is 8.09. The summed E-state index contributed by atoms with van der Waals surface area (Å²) in [5.41, 5.74) is 0.403. The fraction of sp³-hybridized carbons (Fsp3) is 0.947. The molecule has 0 aromatic heterocycles. The first-order chi connectivity index (χ1) is 11.7. The summed E-state index contributed by atoms with van der Waals surface area (Å²) in [4.78, 5) is 9.99. The van der Waals surface area contributed by atoms with Crippen LogP contribution in [0.15, 0.2) is 4.99 Å². The number of hydrogen-bond donors (Lipinski definition) is 1. The van der Waals surface area contributed by atoms with Gasteiger partial charge in [0.05, 0.1) is 6.61 Å². The van der Waals surface area contributed by atoms with Crippen molar-refractivity contribution in [2.24, 2.45) is 16.3 Å². The summed E-state index contributed by atoms with van der Waals surface area (Å²) in [5.74, 6) is 2.04. The van der Waals surface area contributed by atoms with Gasteiger partial charge in [-0.2, -0.15) is 0 Å². The topological polar surface area (TPSA) is 40.1 Å². The second kappa shape index (κ2) is 8.52. The van der Waals surface area contributed by atoms with Gasteiger partial charge in [-0.05, 0) is 64.6 Å². The largest absolute Gasteiger partial charge is 0.381 e. The summed E-state index contributed by atoms with van der Waals surface area (Å²) in [6.07, 6.45) is 6.37. The van der Waals surface area contributed by atoms with Crippen LogP contribution in [-0.4, -0.2) is 74.8 Å². The molecule has 0 radical (unpaired) electrons. The van der Waals surface area contributed by atoms with Crippen LogP contribution in [0.1, 0.15) is 46.0 Å². The maximum absolute atomic E-state index is 5.65. The van der Waals surface area contributed by atoms with Crippen LogP contribution in [0.25, 0.3) is 0 Å². The number of nitrogens with one attached hydrogen (secondary N) is 1. The zero-order chi connectivity index (χ0) is 16.8. The molecule has 1 atom stereocenters. The predicted octanol–water partition coefficient (Wildman–Crippen LogP) is 2.19. The number of nitrogens with zero attached hydrogens (tertiary/aromatic N) is 3. The first kappa shape index (κ1) is 18.0. The molecular formula is C19H36N4O. The molecule has 3 aliphatic heterocycles. The molecule has 0 bridgehead atoms. The molecule has 3 saturated heterocycles. The summed E-state index contributed by atoms with van der Waals surface area (Å²) in [6.45, 7) is 14.3. The molecule has 3 rings (SSSR count). The van der Waals surface area contributed by atoms with Crippen molar-refractivity contribution in [3.63, 3.8) is 0 Å². The lowest BCUT2D eigenvalue weighted by atomic mass is 9.87.